The van der Waals surface area contributed by atoms with Crippen LogP contribution in [0.5, 0.6) is 0 Å². The van der Waals surface area contributed by atoms with Gasteiger partial charge >= 0.3 is 11.9 Å². The SMILES string of the molecule is C/C=C/C[C@@H](C)[C@H](C)OC(C)=O.CC(=O)O[C@@H](C)[C@H](C)CC=O. The summed E-state index contributed by atoms with van der Waals surface area (Å²) in [5.41, 5.74) is 0. The molecular formula is C18H32O5. The molecule has 0 radical (unpaired) electrons. The van der Waals surface area contributed by atoms with E-state index >= 15 is 0 Å². The van der Waals surface area contributed by atoms with Crippen LogP contribution in [-0.2, 0) is 23.9 Å². The molecule has 0 N–H and O–H groups in total. The van der Waals surface area contributed by atoms with Crippen LogP contribution in [0.4, 0.5) is 0 Å². The highest BCUT2D eigenvalue weighted by Crippen LogP contribution is 2.12. The molecule has 0 amide bonds. The van der Waals surface area contributed by atoms with Gasteiger partial charge in [0.2, 0.25) is 0 Å². The van der Waals surface area contributed by atoms with Crippen molar-refractivity contribution < 1.29 is 23.9 Å². The molecule has 5 nitrogen and oxygen atoms in total. The summed E-state index contributed by atoms with van der Waals surface area (Å²) in [7, 11) is 0. The monoisotopic (exact) mass is 328 g/mol. The molecule has 0 aromatic carbocycles. The van der Waals surface area contributed by atoms with Crippen molar-refractivity contribution >= 4 is 18.2 Å². The summed E-state index contributed by atoms with van der Waals surface area (Å²) < 4.78 is 9.90. The maximum Gasteiger partial charge on any atom is 0.302 e. The summed E-state index contributed by atoms with van der Waals surface area (Å²) in [5.74, 6) is 0.00609. The van der Waals surface area contributed by atoms with Crippen LogP contribution < -0.4 is 0 Å². The average Bonchev–Trinajstić information content (AvgIpc) is 2.44. The fourth-order valence-electron chi connectivity index (χ4n) is 1.64. The van der Waals surface area contributed by atoms with Crippen molar-refractivity contribution in [2.75, 3.05) is 0 Å². The number of allylic oxidation sites excluding steroid dienone is 2. The molecule has 0 aliphatic heterocycles. The quantitative estimate of drug-likeness (QED) is 0.386. The number of ether oxygens (including phenoxy) is 2. The Hall–Kier alpha value is -1.65. The molecule has 0 spiro atoms. The molecule has 0 aromatic rings. The number of aldehydes is 1. The molecule has 0 aromatic heterocycles. The van der Waals surface area contributed by atoms with Gasteiger partial charge in [-0.2, -0.15) is 0 Å². The van der Waals surface area contributed by atoms with E-state index in [0.29, 0.717) is 12.3 Å². The predicted molar refractivity (Wildman–Crippen MR) is 90.9 cm³/mol. The zero-order valence-corrected chi connectivity index (χ0v) is 15.5. The van der Waals surface area contributed by atoms with Gasteiger partial charge in [0.05, 0.1) is 0 Å². The third-order valence-corrected chi connectivity index (χ3v) is 3.52. The van der Waals surface area contributed by atoms with Crippen molar-refractivity contribution in [1.82, 2.24) is 0 Å². The summed E-state index contributed by atoms with van der Waals surface area (Å²) in [5, 5.41) is 0. The summed E-state index contributed by atoms with van der Waals surface area (Å²) in [6.45, 7) is 12.5. The Morgan fingerprint density at radius 2 is 1.26 bits per heavy atom. The molecule has 0 heterocycles. The molecule has 0 fully saturated rings. The molecule has 134 valence electrons. The molecule has 5 heteroatoms. The minimum absolute atomic E-state index is 0.0127. The van der Waals surface area contributed by atoms with Crippen LogP contribution in [0.1, 0.15) is 61.3 Å². The van der Waals surface area contributed by atoms with Crippen molar-refractivity contribution in [3.63, 3.8) is 0 Å². The first kappa shape index (κ1) is 23.6. The number of esters is 2. The Morgan fingerprint density at radius 1 is 0.870 bits per heavy atom. The second-order valence-corrected chi connectivity index (χ2v) is 5.79. The summed E-state index contributed by atoms with van der Waals surface area (Å²) in [6, 6.07) is 0. The lowest BCUT2D eigenvalue weighted by Crippen LogP contribution is -2.20. The Balaban J connectivity index is 0. The topological polar surface area (TPSA) is 69.7 Å². The van der Waals surface area contributed by atoms with E-state index in [2.05, 4.69) is 13.0 Å². The van der Waals surface area contributed by atoms with Gasteiger partial charge in [0.25, 0.3) is 0 Å². The van der Waals surface area contributed by atoms with E-state index in [1.807, 2.05) is 26.8 Å². The minimum atomic E-state index is -0.296. The first-order valence-corrected chi connectivity index (χ1v) is 8.04. The lowest BCUT2D eigenvalue weighted by atomic mass is 10.0. The number of rotatable bonds is 8. The third kappa shape index (κ3) is 15.0. The normalized spacial score (nSPS) is 15.6. The van der Waals surface area contributed by atoms with Crippen LogP contribution in [0, 0.1) is 11.8 Å². The molecule has 0 bridgehead atoms. The molecule has 0 aliphatic rings. The fraction of sp³-hybridized carbons (Fsp3) is 0.722. The smallest absolute Gasteiger partial charge is 0.302 e. The van der Waals surface area contributed by atoms with Gasteiger partial charge in [-0.3, -0.25) is 9.59 Å². The van der Waals surface area contributed by atoms with Crippen molar-refractivity contribution in [3.05, 3.63) is 12.2 Å². The van der Waals surface area contributed by atoms with Crippen molar-refractivity contribution in [1.29, 1.82) is 0 Å². The van der Waals surface area contributed by atoms with Gasteiger partial charge in [0.15, 0.2) is 0 Å². The Labute approximate surface area is 140 Å². The number of hydrogen-bond donors (Lipinski definition) is 0. The van der Waals surface area contributed by atoms with Gasteiger partial charge in [-0.15, -0.1) is 0 Å². The fourth-order valence-corrected chi connectivity index (χ4v) is 1.64. The number of carbonyl (C=O) groups is 3. The third-order valence-electron chi connectivity index (χ3n) is 3.52. The van der Waals surface area contributed by atoms with E-state index in [1.165, 1.54) is 13.8 Å². The van der Waals surface area contributed by atoms with Crippen LogP contribution in [0.25, 0.3) is 0 Å². The predicted octanol–water partition coefficient (Wildman–Crippen LogP) is 3.70. The van der Waals surface area contributed by atoms with Crippen molar-refractivity contribution in [3.8, 4) is 0 Å². The van der Waals surface area contributed by atoms with E-state index in [9.17, 15) is 14.4 Å². The molecule has 4 atom stereocenters. The van der Waals surface area contributed by atoms with Crippen LogP contribution in [0.2, 0.25) is 0 Å². The zero-order chi connectivity index (χ0) is 18.4. The number of hydrogen-bond acceptors (Lipinski definition) is 5. The molecule has 0 saturated heterocycles. The summed E-state index contributed by atoms with van der Waals surface area (Å²) >= 11 is 0. The van der Waals surface area contributed by atoms with Gasteiger partial charge in [0.1, 0.15) is 18.5 Å². The minimum Gasteiger partial charge on any atom is -0.463 e. The molecule has 0 rings (SSSR count). The molecular weight excluding hydrogens is 296 g/mol. The first-order chi connectivity index (χ1) is 10.6. The van der Waals surface area contributed by atoms with Crippen LogP contribution in [-0.4, -0.2) is 30.4 Å². The standard InChI is InChI=1S/C10H18O2.C8H14O3/c1-5-6-7-8(2)9(3)12-10(4)11;1-6(4-5-9)7(2)11-8(3)10/h5-6,8-9H,7H2,1-4H3;5-7H,4H2,1-3H3/b6-5+;/t8-,9+;6-,7+/m11/s1. The number of carbonyl (C=O) groups excluding carboxylic acids is 3. The maximum atomic E-state index is 10.6. The molecule has 0 aliphatic carbocycles. The Morgan fingerprint density at radius 3 is 1.57 bits per heavy atom. The highest BCUT2D eigenvalue weighted by Gasteiger charge is 2.14. The maximum absolute atomic E-state index is 10.6. The van der Waals surface area contributed by atoms with Crippen LogP contribution in [0.15, 0.2) is 12.2 Å². The van der Waals surface area contributed by atoms with Gasteiger partial charge in [0, 0.05) is 20.3 Å². The Bertz CT molecular complexity index is 376. The molecule has 0 unspecified atom stereocenters. The lowest BCUT2D eigenvalue weighted by Gasteiger charge is -2.17. The van der Waals surface area contributed by atoms with Crippen molar-refractivity contribution in [2.45, 2.75) is 73.5 Å². The summed E-state index contributed by atoms with van der Waals surface area (Å²) in [6.07, 6.45) is 6.18. The first-order valence-electron chi connectivity index (χ1n) is 8.04. The average molecular weight is 328 g/mol. The van der Waals surface area contributed by atoms with Gasteiger partial charge in [-0.05, 0) is 39.0 Å². The molecule has 0 saturated carbocycles. The highest BCUT2D eigenvalue weighted by atomic mass is 16.5. The highest BCUT2D eigenvalue weighted by molar-refractivity contribution is 5.66. The van der Waals surface area contributed by atoms with Crippen LogP contribution in [0.3, 0.4) is 0 Å². The van der Waals surface area contributed by atoms with Gasteiger partial charge in [-0.1, -0.05) is 26.0 Å². The van der Waals surface area contributed by atoms with Gasteiger partial charge < -0.3 is 14.3 Å². The lowest BCUT2D eigenvalue weighted by molar-refractivity contribution is -0.148. The van der Waals surface area contributed by atoms with E-state index in [-0.39, 0.29) is 30.1 Å². The largest absolute Gasteiger partial charge is 0.463 e. The Kier molecular flexibility index (Phi) is 14.3. The van der Waals surface area contributed by atoms with Gasteiger partial charge in [-0.25, -0.2) is 0 Å². The van der Waals surface area contributed by atoms with E-state index < -0.39 is 0 Å². The van der Waals surface area contributed by atoms with E-state index in [1.54, 1.807) is 6.92 Å². The molecule has 23 heavy (non-hydrogen) atoms. The zero-order valence-electron chi connectivity index (χ0n) is 15.5. The van der Waals surface area contributed by atoms with Crippen molar-refractivity contribution in [2.24, 2.45) is 11.8 Å². The summed E-state index contributed by atoms with van der Waals surface area (Å²) in [4.78, 5) is 31.1. The van der Waals surface area contributed by atoms with E-state index in [4.69, 9.17) is 9.47 Å². The second-order valence-electron chi connectivity index (χ2n) is 5.79. The second kappa shape index (κ2) is 14.0. The van der Waals surface area contributed by atoms with E-state index in [0.717, 1.165) is 12.7 Å². The van der Waals surface area contributed by atoms with Crippen LogP contribution >= 0.6 is 0 Å².